The van der Waals surface area contributed by atoms with Crippen LogP contribution in [0.2, 0.25) is 0 Å². The van der Waals surface area contributed by atoms with Gasteiger partial charge >= 0.3 is 0 Å². The van der Waals surface area contributed by atoms with E-state index < -0.39 is 0 Å². The summed E-state index contributed by atoms with van der Waals surface area (Å²) >= 11 is 0. The molecule has 1 aromatic rings. The van der Waals surface area contributed by atoms with E-state index in [0.717, 1.165) is 36.4 Å². The van der Waals surface area contributed by atoms with Gasteiger partial charge in [-0.2, -0.15) is 5.26 Å². The minimum atomic E-state index is -0.190. The van der Waals surface area contributed by atoms with E-state index in [1.807, 2.05) is 18.2 Å². The second kappa shape index (κ2) is 5.18. The molecule has 0 unspecified atom stereocenters. The summed E-state index contributed by atoms with van der Waals surface area (Å²) in [5, 5.41) is 12.5. The third kappa shape index (κ3) is 2.35. The Balaban J connectivity index is 2.07. The van der Waals surface area contributed by atoms with Crippen LogP contribution in [0.5, 0.6) is 11.5 Å². The normalized spacial score (nSPS) is 16.3. The molecule has 0 atom stereocenters. The van der Waals surface area contributed by atoms with Gasteiger partial charge in [0, 0.05) is 12.6 Å². The highest BCUT2D eigenvalue weighted by molar-refractivity contribution is 5.59. The van der Waals surface area contributed by atoms with Gasteiger partial charge in [0.2, 0.25) is 0 Å². The molecule has 0 radical (unpaired) electrons. The molecule has 1 fully saturated rings. The smallest absolute Gasteiger partial charge is 0.145 e. The number of anilines is 1. The summed E-state index contributed by atoms with van der Waals surface area (Å²) in [5.74, 6) is 1.50. The van der Waals surface area contributed by atoms with Crippen LogP contribution < -0.4 is 14.8 Å². The second-order valence-electron chi connectivity index (χ2n) is 4.67. The van der Waals surface area contributed by atoms with Crippen molar-refractivity contribution in [3.05, 3.63) is 18.2 Å². The van der Waals surface area contributed by atoms with Crippen LogP contribution in [0.1, 0.15) is 19.3 Å². The standard InChI is InChI=1S/C14H18N2O2/c1-17-11-4-5-12(13(8-11)18-2)16-10-14(9-15)6-3-7-14/h4-5,8,16H,3,6-7,10H2,1-2H3. The molecule has 0 bridgehead atoms. The fourth-order valence-electron chi connectivity index (χ4n) is 2.14. The van der Waals surface area contributed by atoms with Crippen molar-refractivity contribution in [2.45, 2.75) is 19.3 Å². The summed E-state index contributed by atoms with van der Waals surface area (Å²) in [5.41, 5.74) is 0.713. The van der Waals surface area contributed by atoms with Gasteiger partial charge in [-0.25, -0.2) is 0 Å². The second-order valence-corrected chi connectivity index (χ2v) is 4.67. The number of hydrogen-bond donors (Lipinski definition) is 1. The Bertz CT molecular complexity index is 461. The van der Waals surface area contributed by atoms with E-state index >= 15 is 0 Å². The lowest BCUT2D eigenvalue weighted by atomic mass is 9.70. The lowest BCUT2D eigenvalue weighted by Gasteiger charge is -2.35. The van der Waals surface area contributed by atoms with Gasteiger partial charge in [0.25, 0.3) is 0 Å². The van der Waals surface area contributed by atoms with Crippen LogP contribution in [-0.4, -0.2) is 20.8 Å². The van der Waals surface area contributed by atoms with Gasteiger partial charge < -0.3 is 14.8 Å². The van der Waals surface area contributed by atoms with E-state index in [1.165, 1.54) is 0 Å². The first-order valence-corrected chi connectivity index (χ1v) is 6.10. The van der Waals surface area contributed by atoms with Crippen molar-refractivity contribution in [1.82, 2.24) is 0 Å². The molecule has 0 heterocycles. The van der Waals surface area contributed by atoms with Crippen LogP contribution in [0.15, 0.2) is 18.2 Å². The number of ether oxygens (including phenoxy) is 2. The van der Waals surface area contributed by atoms with Gasteiger partial charge in [0.15, 0.2) is 0 Å². The average Bonchev–Trinajstić information content (AvgIpc) is 2.38. The van der Waals surface area contributed by atoms with Crippen LogP contribution in [0.3, 0.4) is 0 Å². The minimum Gasteiger partial charge on any atom is -0.497 e. The summed E-state index contributed by atoms with van der Waals surface area (Å²) in [4.78, 5) is 0. The molecule has 1 saturated carbocycles. The van der Waals surface area contributed by atoms with Crippen molar-refractivity contribution >= 4 is 5.69 Å². The first-order valence-electron chi connectivity index (χ1n) is 6.10. The molecule has 96 valence electrons. The van der Waals surface area contributed by atoms with Gasteiger partial charge in [0.05, 0.1) is 31.4 Å². The highest BCUT2D eigenvalue weighted by atomic mass is 16.5. The molecular formula is C14H18N2O2. The molecule has 4 nitrogen and oxygen atoms in total. The van der Waals surface area contributed by atoms with Crippen molar-refractivity contribution in [3.63, 3.8) is 0 Å². The maximum Gasteiger partial charge on any atom is 0.145 e. The molecular weight excluding hydrogens is 228 g/mol. The van der Waals surface area contributed by atoms with E-state index in [-0.39, 0.29) is 5.41 Å². The van der Waals surface area contributed by atoms with Crippen LogP contribution >= 0.6 is 0 Å². The van der Waals surface area contributed by atoms with Crippen molar-refractivity contribution in [1.29, 1.82) is 5.26 Å². The largest absolute Gasteiger partial charge is 0.497 e. The SMILES string of the molecule is COc1ccc(NCC2(C#N)CCC2)c(OC)c1. The Morgan fingerprint density at radius 1 is 1.33 bits per heavy atom. The van der Waals surface area contributed by atoms with E-state index in [4.69, 9.17) is 9.47 Å². The van der Waals surface area contributed by atoms with Gasteiger partial charge in [0.1, 0.15) is 11.5 Å². The topological polar surface area (TPSA) is 54.3 Å². The van der Waals surface area contributed by atoms with Crippen LogP contribution in [0, 0.1) is 16.7 Å². The molecule has 1 N–H and O–H groups in total. The molecule has 1 aliphatic carbocycles. The monoisotopic (exact) mass is 246 g/mol. The predicted molar refractivity (Wildman–Crippen MR) is 69.9 cm³/mol. The molecule has 2 rings (SSSR count). The zero-order chi connectivity index (χ0) is 13.0. The van der Waals surface area contributed by atoms with Gasteiger partial charge in [-0.3, -0.25) is 0 Å². The maximum absolute atomic E-state index is 9.18. The maximum atomic E-state index is 9.18. The minimum absolute atomic E-state index is 0.190. The molecule has 0 spiro atoms. The van der Waals surface area contributed by atoms with Crippen LogP contribution in [0.4, 0.5) is 5.69 Å². The number of nitrogens with one attached hydrogen (secondary N) is 1. The fraction of sp³-hybridized carbons (Fsp3) is 0.500. The average molecular weight is 246 g/mol. The molecule has 0 amide bonds. The fourth-order valence-corrected chi connectivity index (χ4v) is 2.14. The third-order valence-electron chi connectivity index (χ3n) is 3.57. The molecule has 4 heteroatoms. The number of rotatable bonds is 5. The summed E-state index contributed by atoms with van der Waals surface area (Å²) < 4.78 is 10.5. The number of nitriles is 1. The van der Waals surface area contributed by atoms with E-state index in [2.05, 4.69) is 11.4 Å². The van der Waals surface area contributed by atoms with Crippen molar-refractivity contribution in [2.24, 2.45) is 5.41 Å². The lowest BCUT2D eigenvalue weighted by Crippen LogP contribution is -2.35. The zero-order valence-corrected chi connectivity index (χ0v) is 10.8. The van der Waals surface area contributed by atoms with Crippen molar-refractivity contribution in [3.8, 4) is 17.6 Å². The summed E-state index contributed by atoms with van der Waals surface area (Å²) in [6.45, 7) is 0.673. The van der Waals surface area contributed by atoms with E-state index in [9.17, 15) is 5.26 Å². The zero-order valence-electron chi connectivity index (χ0n) is 10.8. The first-order chi connectivity index (χ1) is 8.73. The number of nitrogens with zero attached hydrogens (tertiary/aromatic N) is 1. The molecule has 1 aliphatic rings. The Hall–Kier alpha value is -1.89. The molecule has 18 heavy (non-hydrogen) atoms. The number of methoxy groups -OCH3 is 2. The Labute approximate surface area is 108 Å². The van der Waals surface area contributed by atoms with Gasteiger partial charge in [-0.05, 0) is 25.0 Å². The number of benzene rings is 1. The third-order valence-corrected chi connectivity index (χ3v) is 3.57. The van der Waals surface area contributed by atoms with Crippen LogP contribution in [-0.2, 0) is 0 Å². The van der Waals surface area contributed by atoms with E-state index in [0.29, 0.717) is 6.54 Å². The van der Waals surface area contributed by atoms with Crippen LogP contribution in [0.25, 0.3) is 0 Å². The lowest BCUT2D eigenvalue weighted by molar-refractivity contribution is 0.233. The molecule has 1 aromatic carbocycles. The van der Waals surface area contributed by atoms with Crippen molar-refractivity contribution in [2.75, 3.05) is 26.1 Å². The highest BCUT2D eigenvalue weighted by Crippen LogP contribution is 2.41. The van der Waals surface area contributed by atoms with Gasteiger partial charge in [-0.1, -0.05) is 6.42 Å². The summed E-state index contributed by atoms with van der Waals surface area (Å²) in [6, 6.07) is 8.05. The quantitative estimate of drug-likeness (QED) is 0.868. The number of hydrogen-bond acceptors (Lipinski definition) is 4. The summed E-state index contributed by atoms with van der Waals surface area (Å²) in [6.07, 6.45) is 3.11. The Morgan fingerprint density at radius 3 is 2.61 bits per heavy atom. The van der Waals surface area contributed by atoms with E-state index in [1.54, 1.807) is 14.2 Å². The Morgan fingerprint density at radius 2 is 2.11 bits per heavy atom. The predicted octanol–water partition coefficient (Wildman–Crippen LogP) is 2.81. The summed E-state index contributed by atoms with van der Waals surface area (Å²) in [7, 11) is 3.25. The Kier molecular flexibility index (Phi) is 3.61. The molecule has 0 saturated heterocycles. The van der Waals surface area contributed by atoms with Gasteiger partial charge in [-0.15, -0.1) is 0 Å². The highest BCUT2D eigenvalue weighted by Gasteiger charge is 2.37. The first kappa shape index (κ1) is 12.6. The molecule has 0 aliphatic heterocycles. The van der Waals surface area contributed by atoms with Crippen molar-refractivity contribution < 1.29 is 9.47 Å². The molecule has 0 aromatic heterocycles.